The molecule has 1 atom stereocenters. The molecule has 0 saturated carbocycles. The van der Waals surface area contributed by atoms with Crippen molar-refractivity contribution >= 4 is 11.6 Å². The van der Waals surface area contributed by atoms with Crippen LogP contribution in [0.25, 0.3) is 5.57 Å². The van der Waals surface area contributed by atoms with E-state index in [2.05, 4.69) is 16.5 Å². The zero-order chi connectivity index (χ0) is 16.9. The van der Waals surface area contributed by atoms with Crippen LogP contribution in [0.2, 0.25) is 0 Å². The molecule has 2 N–H and O–H groups in total. The number of aromatic nitrogens is 2. The fraction of sp³-hybridized carbons (Fsp3) is 0.333. The predicted molar refractivity (Wildman–Crippen MR) is 92.5 cm³/mol. The zero-order valence-electron chi connectivity index (χ0n) is 13.7. The van der Waals surface area contributed by atoms with Gasteiger partial charge in [-0.05, 0) is 42.7 Å². The van der Waals surface area contributed by atoms with Crippen LogP contribution in [0.5, 0.6) is 5.75 Å². The van der Waals surface area contributed by atoms with Crippen LogP contribution in [0.3, 0.4) is 0 Å². The normalized spacial score (nSPS) is 15.7. The van der Waals surface area contributed by atoms with Crippen LogP contribution < -0.4 is 5.32 Å². The number of amides is 2. The highest BCUT2D eigenvalue weighted by Crippen LogP contribution is 2.24. The van der Waals surface area contributed by atoms with Crippen molar-refractivity contribution < 1.29 is 9.90 Å². The number of rotatable bonds is 4. The number of hydrogen-bond acceptors (Lipinski definition) is 3. The Morgan fingerprint density at radius 3 is 2.79 bits per heavy atom. The van der Waals surface area contributed by atoms with E-state index in [1.807, 2.05) is 40.9 Å². The predicted octanol–water partition coefficient (Wildman–Crippen LogP) is 2.48. The first-order chi connectivity index (χ1) is 11.6. The van der Waals surface area contributed by atoms with Gasteiger partial charge >= 0.3 is 6.03 Å². The quantitative estimate of drug-likeness (QED) is 0.907. The van der Waals surface area contributed by atoms with E-state index in [1.54, 1.807) is 18.3 Å². The number of phenolic OH excluding ortho intramolecular Hbond substituents is 1. The highest BCUT2D eigenvalue weighted by atomic mass is 16.3. The van der Waals surface area contributed by atoms with Crippen LogP contribution >= 0.6 is 0 Å². The Kier molecular flexibility index (Phi) is 4.84. The summed E-state index contributed by atoms with van der Waals surface area (Å²) in [6, 6.07) is 9.02. The summed E-state index contributed by atoms with van der Waals surface area (Å²) in [5.41, 5.74) is 2.31. The molecule has 6 heteroatoms. The van der Waals surface area contributed by atoms with Gasteiger partial charge in [0.15, 0.2) is 0 Å². The van der Waals surface area contributed by atoms with Crippen LogP contribution in [0.1, 0.15) is 18.9 Å². The minimum Gasteiger partial charge on any atom is -0.508 e. The van der Waals surface area contributed by atoms with E-state index < -0.39 is 0 Å². The zero-order valence-corrected chi connectivity index (χ0v) is 13.7. The summed E-state index contributed by atoms with van der Waals surface area (Å²) in [5, 5.41) is 16.5. The lowest BCUT2D eigenvalue weighted by molar-refractivity contribution is 0.198. The van der Waals surface area contributed by atoms with Gasteiger partial charge in [0.05, 0.1) is 6.54 Å². The third-order valence-electron chi connectivity index (χ3n) is 4.12. The van der Waals surface area contributed by atoms with E-state index in [9.17, 15) is 9.90 Å². The topological polar surface area (TPSA) is 70.4 Å². The molecular weight excluding hydrogens is 304 g/mol. The molecule has 0 radical (unpaired) electrons. The van der Waals surface area contributed by atoms with Crippen molar-refractivity contribution in [2.24, 2.45) is 0 Å². The Morgan fingerprint density at radius 2 is 2.17 bits per heavy atom. The van der Waals surface area contributed by atoms with Crippen LogP contribution in [-0.4, -0.2) is 44.9 Å². The number of nitrogens with one attached hydrogen (secondary N) is 1. The summed E-state index contributed by atoms with van der Waals surface area (Å²) < 4.78 is 1.81. The Morgan fingerprint density at radius 1 is 1.38 bits per heavy atom. The van der Waals surface area contributed by atoms with E-state index in [-0.39, 0.29) is 17.8 Å². The molecule has 0 unspecified atom stereocenters. The summed E-state index contributed by atoms with van der Waals surface area (Å²) in [7, 11) is 0. The minimum absolute atomic E-state index is 0.0138. The van der Waals surface area contributed by atoms with Gasteiger partial charge in [-0.2, -0.15) is 5.10 Å². The molecule has 0 fully saturated rings. The van der Waals surface area contributed by atoms with Crippen LogP contribution in [0, 0.1) is 0 Å². The first-order valence-corrected chi connectivity index (χ1v) is 8.13. The van der Waals surface area contributed by atoms with Crippen LogP contribution in [0.15, 0.2) is 48.8 Å². The lowest BCUT2D eigenvalue weighted by Gasteiger charge is -2.28. The third kappa shape index (κ3) is 3.95. The lowest BCUT2D eigenvalue weighted by atomic mass is 9.99. The molecule has 24 heavy (non-hydrogen) atoms. The highest BCUT2D eigenvalue weighted by molar-refractivity contribution is 5.77. The van der Waals surface area contributed by atoms with E-state index in [0.29, 0.717) is 19.6 Å². The first-order valence-electron chi connectivity index (χ1n) is 8.13. The van der Waals surface area contributed by atoms with Crippen molar-refractivity contribution in [3.8, 4) is 5.75 Å². The maximum atomic E-state index is 12.3. The molecule has 6 nitrogen and oxygen atoms in total. The van der Waals surface area contributed by atoms with Crippen LogP contribution in [-0.2, 0) is 6.54 Å². The number of phenols is 1. The Bertz CT molecular complexity index is 707. The maximum Gasteiger partial charge on any atom is 0.317 e. The van der Waals surface area contributed by atoms with Crippen molar-refractivity contribution in [3.63, 3.8) is 0 Å². The standard InChI is InChI=1S/C18H22N4O2/c1-14(13-22-10-2-9-19-22)20-18(24)21-11-7-16(8-12-21)15-3-5-17(23)6-4-15/h2-7,9-10,14,23H,8,11-13H2,1H3,(H,20,24)/t14-/m1/s1. The Hall–Kier alpha value is -2.76. The highest BCUT2D eigenvalue weighted by Gasteiger charge is 2.19. The molecule has 3 rings (SSSR count). The Labute approximate surface area is 141 Å². The second-order valence-corrected chi connectivity index (χ2v) is 6.05. The second kappa shape index (κ2) is 7.21. The molecule has 0 saturated heterocycles. The maximum absolute atomic E-state index is 12.3. The van der Waals surface area contributed by atoms with Gasteiger partial charge in [-0.15, -0.1) is 0 Å². The smallest absolute Gasteiger partial charge is 0.317 e. The fourth-order valence-corrected chi connectivity index (χ4v) is 2.83. The molecule has 2 aromatic rings. The van der Waals surface area contributed by atoms with Gasteiger partial charge < -0.3 is 15.3 Å². The van der Waals surface area contributed by atoms with Gasteiger partial charge in [0.1, 0.15) is 5.75 Å². The average molecular weight is 326 g/mol. The first kappa shape index (κ1) is 16.1. The average Bonchev–Trinajstić information content (AvgIpc) is 3.08. The number of carbonyl (C=O) groups is 1. The monoisotopic (exact) mass is 326 g/mol. The number of nitrogens with zero attached hydrogens (tertiary/aromatic N) is 3. The van der Waals surface area contributed by atoms with E-state index >= 15 is 0 Å². The van der Waals surface area contributed by atoms with Crippen molar-refractivity contribution in [3.05, 3.63) is 54.4 Å². The van der Waals surface area contributed by atoms with Gasteiger partial charge in [-0.25, -0.2) is 4.79 Å². The summed E-state index contributed by atoms with van der Waals surface area (Å²) in [6.07, 6.45) is 6.50. The number of benzene rings is 1. The minimum atomic E-state index is -0.0457. The molecule has 2 amide bonds. The van der Waals surface area contributed by atoms with Crippen molar-refractivity contribution in [2.75, 3.05) is 13.1 Å². The fourth-order valence-electron chi connectivity index (χ4n) is 2.83. The number of aromatic hydroxyl groups is 1. The summed E-state index contributed by atoms with van der Waals surface area (Å²) in [5.74, 6) is 0.266. The third-order valence-corrected chi connectivity index (χ3v) is 4.12. The SMILES string of the molecule is C[C@H](Cn1cccn1)NC(=O)N1CC=C(c2ccc(O)cc2)CC1. The molecule has 0 spiro atoms. The van der Waals surface area contributed by atoms with Gasteiger partial charge in [-0.1, -0.05) is 18.2 Å². The number of carbonyl (C=O) groups excluding carboxylic acids is 1. The largest absolute Gasteiger partial charge is 0.508 e. The molecule has 1 aliphatic rings. The van der Waals surface area contributed by atoms with Crippen molar-refractivity contribution in [1.82, 2.24) is 20.0 Å². The van der Waals surface area contributed by atoms with Gasteiger partial charge in [-0.3, -0.25) is 4.68 Å². The molecule has 0 bridgehead atoms. The van der Waals surface area contributed by atoms with Gasteiger partial charge in [0, 0.05) is 31.5 Å². The number of hydrogen-bond donors (Lipinski definition) is 2. The van der Waals surface area contributed by atoms with Gasteiger partial charge in [0.25, 0.3) is 0 Å². The Balaban J connectivity index is 1.53. The molecule has 1 aliphatic heterocycles. The van der Waals surface area contributed by atoms with Crippen molar-refractivity contribution in [2.45, 2.75) is 25.9 Å². The van der Waals surface area contributed by atoms with Crippen LogP contribution in [0.4, 0.5) is 4.79 Å². The van der Waals surface area contributed by atoms with E-state index in [4.69, 9.17) is 0 Å². The summed E-state index contributed by atoms with van der Waals surface area (Å²) in [6.45, 7) is 3.91. The molecule has 1 aromatic carbocycles. The van der Waals surface area contributed by atoms with Gasteiger partial charge in [0.2, 0.25) is 0 Å². The molecule has 126 valence electrons. The molecular formula is C18H22N4O2. The second-order valence-electron chi connectivity index (χ2n) is 6.05. The van der Waals surface area contributed by atoms with E-state index in [1.165, 1.54) is 5.57 Å². The molecule has 2 heterocycles. The number of urea groups is 1. The molecule has 0 aliphatic carbocycles. The molecule has 1 aromatic heterocycles. The summed E-state index contributed by atoms with van der Waals surface area (Å²) >= 11 is 0. The van der Waals surface area contributed by atoms with E-state index in [0.717, 1.165) is 12.0 Å². The lowest BCUT2D eigenvalue weighted by Crippen LogP contribution is -2.46. The van der Waals surface area contributed by atoms with Crippen molar-refractivity contribution in [1.29, 1.82) is 0 Å². The summed E-state index contributed by atoms with van der Waals surface area (Å²) in [4.78, 5) is 14.2.